The Hall–Kier alpha value is -2.40. The van der Waals surface area contributed by atoms with Gasteiger partial charge in [0.05, 0.1) is 47.3 Å². The summed E-state index contributed by atoms with van der Waals surface area (Å²) in [6, 6.07) is 9.56. The fourth-order valence-electron chi connectivity index (χ4n) is 8.53. The number of nitrogens with zero attached hydrogens (tertiary/aromatic N) is 4. The van der Waals surface area contributed by atoms with E-state index in [1.54, 1.807) is 0 Å². The molecule has 0 aromatic heterocycles. The van der Waals surface area contributed by atoms with Gasteiger partial charge in [0.25, 0.3) is 0 Å². The first-order valence-electron chi connectivity index (χ1n) is 19.7. The molecule has 20 heteroatoms. The van der Waals surface area contributed by atoms with Crippen LogP contribution in [0.5, 0.6) is 0 Å². The normalized spacial score (nSPS) is 38.1. The summed E-state index contributed by atoms with van der Waals surface area (Å²) in [4.78, 5) is 53.8. The van der Waals surface area contributed by atoms with Crippen molar-refractivity contribution in [1.82, 2.24) is 0 Å². The van der Waals surface area contributed by atoms with Gasteiger partial charge >= 0.3 is 23.9 Å². The molecule has 12 nitrogen and oxygen atoms in total. The highest BCUT2D eigenvalue weighted by molar-refractivity contribution is 8.20. The Labute approximate surface area is 388 Å². The molecule has 4 aliphatic carbocycles. The number of carbonyl (C=O) groups excluding carboxylic acids is 4. The van der Waals surface area contributed by atoms with Crippen molar-refractivity contribution in [3.05, 3.63) is 48.6 Å². The van der Waals surface area contributed by atoms with Gasteiger partial charge in [-0.15, -0.1) is 94.1 Å². The van der Waals surface area contributed by atoms with Gasteiger partial charge in [0.15, 0.2) is 16.3 Å². The molecular formula is C41H40N4O8S8. The van der Waals surface area contributed by atoms with E-state index < -0.39 is 72.0 Å². The Morgan fingerprint density at radius 3 is 0.852 bits per heavy atom. The van der Waals surface area contributed by atoms with Crippen LogP contribution in [0.2, 0.25) is 0 Å². The van der Waals surface area contributed by atoms with E-state index >= 15 is 0 Å². The lowest BCUT2D eigenvalue weighted by Gasteiger charge is -2.32. The van der Waals surface area contributed by atoms with Crippen molar-refractivity contribution in [2.45, 2.75) is 63.0 Å². The number of esters is 4. The lowest BCUT2D eigenvalue weighted by Crippen LogP contribution is -2.44. The molecule has 0 spiro atoms. The standard InChI is InChI=1S/C41H40N4O8S8/c42-17-38(25-1-5-29(9-25)58-38)54-13-33(46)50-21-37(22-51-34(47)14-55-39(18-43)26-2-6-30(10-26)59-39,23-52-35(48)15-56-40(19-44)27-3-7-31(11-27)60-40)24-53-36(49)16-57-41(20-45)28-4-8-32(12-28)61-41/h1-8,25-32H,9-16,21-24H2. The molecule has 4 saturated heterocycles. The summed E-state index contributed by atoms with van der Waals surface area (Å²) >= 11 is 10.9. The number of fused-ring (bicyclic) bond motifs is 8. The van der Waals surface area contributed by atoms with Gasteiger partial charge in [0.2, 0.25) is 0 Å². The minimum absolute atomic E-state index is 0.00625. The van der Waals surface area contributed by atoms with Crippen LogP contribution >= 0.6 is 94.1 Å². The number of carbonyl (C=O) groups is 4. The van der Waals surface area contributed by atoms with E-state index in [9.17, 15) is 40.2 Å². The van der Waals surface area contributed by atoms with E-state index in [1.807, 2.05) is 24.3 Å². The first kappa shape index (κ1) is 45.2. The minimum atomic E-state index is -1.57. The molecule has 0 saturated carbocycles. The zero-order valence-electron chi connectivity index (χ0n) is 32.5. The zero-order valence-corrected chi connectivity index (χ0v) is 39.1. The Morgan fingerprint density at radius 2 is 0.689 bits per heavy atom. The molecule has 8 aliphatic rings. The summed E-state index contributed by atoms with van der Waals surface area (Å²) in [6.45, 7) is -1.90. The van der Waals surface area contributed by atoms with Gasteiger partial charge in [-0.3, -0.25) is 19.2 Å². The SMILES string of the molecule is N#CC1(SCC(=O)OCC(COC(=O)CSC2(C#N)SC3C=CC2C3)(COC(=O)CSC2(C#N)SC3C=CC2C3)COC(=O)CSC2(C#N)SC3C=CC2C3)SC2C=CC1C2. The quantitative estimate of drug-likeness (QED) is 0.0706. The third-order valence-corrected chi connectivity index (χ3v) is 24.8. The maximum atomic E-state index is 13.4. The summed E-state index contributed by atoms with van der Waals surface area (Å²) in [5.41, 5.74) is -1.57. The van der Waals surface area contributed by atoms with E-state index in [2.05, 4.69) is 48.6 Å². The topological polar surface area (TPSA) is 200 Å². The average molecular weight is 973 g/mol. The maximum absolute atomic E-state index is 13.4. The molecule has 12 unspecified atom stereocenters. The number of thioether (sulfide) groups is 8. The van der Waals surface area contributed by atoms with E-state index in [-0.39, 0.29) is 67.7 Å². The van der Waals surface area contributed by atoms with Gasteiger partial charge in [-0.25, -0.2) is 0 Å². The lowest BCUT2D eigenvalue weighted by molar-refractivity contribution is -0.167. The number of hydrogen-bond donors (Lipinski definition) is 0. The largest absolute Gasteiger partial charge is 0.464 e. The third-order valence-electron chi connectivity index (χ3n) is 11.8. The third kappa shape index (κ3) is 9.40. The van der Waals surface area contributed by atoms with E-state index in [0.717, 1.165) is 25.7 Å². The Balaban J connectivity index is 0.959. The second-order valence-electron chi connectivity index (χ2n) is 15.9. The molecular weight excluding hydrogens is 933 g/mol. The second kappa shape index (κ2) is 18.6. The highest BCUT2D eigenvalue weighted by atomic mass is 32.2. The molecule has 8 rings (SSSR count). The van der Waals surface area contributed by atoms with Crippen LogP contribution in [0, 0.1) is 74.4 Å². The smallest absolute Gasteiger partial charge is 0.316 e. The van der Waals surface area contributed by atoms with E-state index in [0.29, 0.717) is 0 Å². The summed E-state index contributed by atoms with van der Waals surface area (Å²) < 4.78 is 19.9. The highest BCUT2D eigenvalue weighted by Crippen LogP contribution is 2.61. The monoisotopic (exact) mass is 972 g/mol. The van der Waals surface area contributed by atoms with Crippen LogP contribution in [0.25, 0.3) is 0 Å². The van der Waals surface area contributed by atoms with Gasteiger partial charge in [0.1, 0.15) is 31.8 Å². The lowest BCUT2D eigenvalue weighted by atomic mass is 9.92. The van der Waals surface area contributed by atoms with Gasteiger partial charge in [-0.05, 0) is 25.7 Å². The number of allylic oxidation sites excluding steroid dienone is 4. The van der Waals surface area contributed by atoms with Crippen LogP contribution in [-0.4, -0.2) is 111 Å². The number of hydrogen-bond acceptors (Lipinski definition) is 20. The van der Waals surface area contributed by atoms with E-state index in [1.165, 1.54) is 94.1 Å². The summed E-state index contributed by atoms with van der Waals surface area (Å²) in [5, 5.41) is 41.3. The van der Waals surface area contributed by atoms with Crippen molar-refractivity contribution >= 4 is 118 Å². The second-order valence-corrected chi connectivity index (χ2v) is 27.8. The molecule has 0 aromatic rings. The number of nitriles is 4. The van der Waals surface area contributed by atoms with Gasteiger partial charge in [0, 0.05) is 44.7 Å². The Morgan fingerprint density at radius 1 is 0.459 bits per heavy atom. The fourth-order valence-corrected chi connectivity index (χ4v) is 20.6. The molecule has 320 valence electrons. The predicted molar refractivity (Wildman–Crippen MR) is 244 cm³/mol. The Kier molecular flexibility index (Phi) is 13.8. The van der Waals surface area contributed by atoms with Crippen LogP contribution in [-0.2, 0) is 38.1 Å². The van der Waals surface area contributed by atoms with Gasteiger partial charge in [-0.1, -0.05) is 48.6 Å². The first-order valence-corrected chi connectivity index (χ1v) is 27.1. The van der Waals surface area contributed by atoms with Crippen molar-refractivity contribution in [2.24, 2.45) is 29.1 Å². The van der Waals surface area contributed by atoms with Crippen molar-refractivity contribution in [3.8, 4) is 24.3 Å². The molecule has 61 heavy (non-hydrogen) atoms. The summed E-state index contributed by atoms with van der Waals surface area (Å²) in [7, 11) is 0. The predicted octanol–water partition coefficient (Wildman–Crippen LogP) is 6.72. The molecule has 12 atom stereocenters. The number of ether oxygens (including phenoxy) is 4. The molecule has 0 aromatic carbocycles. The van der Waals surface area contributed by atoms with Crippen LogP contribution in [0.1, 0.15) is 25.7 Å². The van der Waals surface area contributed by atoms with Crippen LogP contribution in [0.15, 0.2) is 48.6 Å². The van der Waals surface area contributed by atoms with Gasteiger partial charge in [-0.2, -0.15) is 21.0 Å². The maximum Gasteiger partial charge on any atom is 0.316 e. The van der Waals surface area contributed by atoms with Crippen molar-refractivity contribution < 1.29 is 38.1 Å². The molecule has 0 amide bonds. The van der Waals surface area contributed by atoms with Crippen molar-refractivity contribution in [1.29, 1.82) is 21.0 Å². The van der Waals surface area contributed by atoms with Crippen molar-refractivity contribution in [2.75, 3.05) is 49.4 Å². The van der Waals surface area contributed by atoms with Crippen LogP contribution in [0.4, 0.5) is 0 Å². The van der Waals surface area contributed by atoms with E-state index in [4.69, 9.17) is 18.9 Å². The van der Waals surface area contributed by atoms with Crippen LogP contribution in [0.3, 0.4) is 0 Å². The molecule has 4 aliphatic heterocycles. The first-order chi connectivity index (χ1) is 29.4. The van der Waals surface area contributed by atoms with Crippen molar-refractivity contribution in [3.63, 3.8) is 0 Å². The molecule has 0 N–H and O–H groups in total. The minimum Gasteiger partial charge on any atom is -0.464 e. The zero-order chi connectivity index (χ0) is 42.9. The molecule has 4 fully saturated rings. The van der Waals surface area contributed by atoms with Crippen LogP contribution < -0.4 is 0 Å². The molecule has 8 bridgehead atoms. The Bertz CT molecular complexity index is 1820. The average Bonchev–Trinajstić information content (AvgIpc) is 4.16. The molecule has 0 radical (unpaired) electrons. The highest BCUT2D eigenvalue weighted by Gasteiger charge is 2.54. The summed E-state index contributed by atoms with van der Waals surface area (Å²) in [6.07, 6.45) is 19.7. The molecule has 4 heterocycles. The number of rotatable bonds is 20. The van der Waals surface area contributed by atoms with Gasteiger partial charge < -0.3 is 18.9 Å². The fraction of sp³-hybridized carbons (Fsp3) is 0.610. The summed E-state index contributed by atoms with van der Waals surface area (Å²) in [5.74, 6) is -3.28.